The number of nitrogens with one attached hydrogen (secondary N) is 2. The van der Waals surface area contributed by atoms with Crippen LogP contribution in [-0.2, 0) is 19.1 Å². The molecule has 37 heavy (non-hydrogen) atoms. The lowest BCUT2D eigenvalue weighted by atomic mass is 10.1. The number of fused-ring (bicyclic) bond motifs is 1. The molecule has 1 aliphatic rings. The zero-order valence-corrected chi connectivity index (χ0v) is 21.8. The van der Waals surface area contributed by atoms with Crippen LogP contribution in [0.1, 0.15) is 16.8 Å². The van der Waals surface area contributed by atoms with E-state index in [0.717, 1.165) is 0 Å². The Morgan fingerprint density at radius 1 is 1.08 bits per heavy atom. The van der Waals surface area contributed by atoms with Crippen molar-refractivity contribution in [1.29, 1.82) is 0 Å². The third-order valence-electron chi connectivity index (χ3n) is 5.54. The average Bonchev–Trinajstić information content (AvgIpc) is 2.91. The van der Waals surface area contributed by atoms with Gasteiger partial charge in [0.15, 0.2) is 18.1 Å². The van der Waals surface area contributed by atoms with Gasteiger partial charge in [0.1, 0.15) is 12.6 Å². The van der Waals surface area contributed by atoms with Crippen LogP contribution in [0.15, 0.2) is 36.4 Å². The highest BCUT2D eigenvalue weighted by Gasteiger charge is 2.29. The lowest BCUT2D eigenvalue weighted by Crippen LogP contribution is -2.46. The molecule has 2 aromatic carbocycles. The van der Waals surface area contributed by atoms with Crippen LogP contribution in [0.4, 0.5) is 11.4 Å². The second-order valence-corrected chi connectivity index (χ2v) is 8.86. The zero-order valence-electron chi connectivity index (χ0n) is 21.0. The number of thioether (sulfide) groups is 1. The zero-order chi connectivity index (χ0) is 26.9. The van der Waals surface area contributed by atoms with Gasteiger partial charge in [-0.05, 0) is 42.7 Å². The van der Waals surface area contributed by atoms with Gasteiger partial charge in [-0.1, -0.05) is 12.1 Å². The van der Waals surface area contributed by atoms with Crippen molar-refractivity contribution in [2.24, 2.45) is 0 Å². The van der Waals surface area contributed by atoms with E-state index in [9.17, 15) is 19.2 Å². The first-order chi connectivity index (χ1) is 17.8. The standard InChI is InChI=1S/C25H29N3O8S/c1-33-19-11-15(12-20(34-2)23(19)35-3)24(31)27-17(9-10-37-4)25(32)36-14-22(30)28-13-21(29)26-16-7-5-6-8-18(16)28/h5-8,11-12,17H,9-10,13-14H2,1-4H3,(H,26,29)(H,27,31). The molecular weight excluding hydrogens is 502 g/mol. The normalized spacial score (nSPS) is 13.1. The van der Waals surface area contributed by atoms with Crippen molar-refractivity contribution in [2.45, 2.75) is 12.5 Å². The number of methoxy groups -OCH3 is 3. The van der Waals surface area contributed by atoms with Crippen molar-refractivity contribution >= 4 is 46.8 Å². The van der Waals surface area contributed by atoms with Crippen LogP contribution < -0.4 is 29.7 Å². The Bertz CT molecular complexity index is 1150. The molecular formula is C25H29N3O8S. The first kappa shape index (κ1) is 27.7. The maximum atomic E-state index is 13.0. The molecule has 1 aliphatic heterocycles. The number of rotatable bonds is 11. The number of benzene rings is 2. The Kier molecular flexibility index (Phi) is 9.61. The fraction of sp³-hybridized carbons (Fsp3) is 0.360. The van der Waals surface area contributed by atoms with Gasteiger partial charge in [0, 0.05) is 5.56 Å². The van der Waals surface area contributed by atoms with Crippen LogP contribution in [-0.4, -0.2) is 76.2 Å². The fourth-order valence-corrected chi connectivity index (χ4v) is 4.18. The van der Waals surface area contributed by atoms with Crippen molar-refractivity contribution in [2.75, 3.05) is 56.7 Å². The molecule has 0 saturated heterocycles. The van der Waals surface area contributed by atoms with Crippen LogP contribution >= 0.6 is 11.8 Å². The molecule has 0 fully saturated rings. The number of anilines is 2. The minimum Gasteiger partial charge on any atom is -0.493 e. The summed E-state index contributed by atoms with van der Waals surface area (Å²) in [6, 6.07) is 8.76. The molecule has 0 aromatic heterocycles. The number of hydrogen-bond acceptors (Lipinski definition) is 9. The molecule has 198 valence electrons. The molecule has 1 heterocycles. The third kappa shape index (κ3) is 6.64. The summed E-state index contributed by atoms with van der Waals surface area (Å²) < 4.78 is 21.1. The minimum absolute atomic E-state index is 0.184. The van der Waals surface area contributed by atoms with Crippen molar-refractivity contribution in [1.82, 2.24) is 5.32 Å². The van der Waals surface area contributed by atoms with Gasteiger partial charge in [0.25, 0.3) is 11.8 Å². The summed E-state index contributed by atoms with van der Waals surface area (Å²) in [5.74, 6) is -0.787. The number of para-hydroxylation sites is 2. The van der Waals surface area contributed by atoms with Gasteiger partial charge in [-0.3, -0.25) is 19.3 Å². The SMILES string of the molecule is COc1cc(C(=O)NC(CCSC)C(=O)OCC(=O)N2CC(=O)Nc3ccccc32)cc(OC)c1OC. The summed E-state index contributed by atoms with van der Waals surface area (Å²) in [7, 11) is 4.31. The minimum atomic E-state index is -1.01. The van der Waals surface area contributed by atoms with E-state index in [-0.39, 0.29) is 35.9 Å². The lowest BCUT2D eigenvalue weighted by molar-refractivity contribution is -0.149. The summed E-state index contributed by atoms with van der Waals surface area (Å²) in [5, 5.41) is 5.36. The number of esters is 1. The molecule has 1 atom stereocenters. The maximum Gasteiger partial charge on any atom is 0.329 e. The van der Waals surface area contributed by atoms with Crippen molar-refractivity contribution in [3.05, 3.63) is 42.0 Å². The van der Waals surface area contributed by atoms with Crippen LogP contribution in [0, 0.1) is 0 Å². The molecule has 12 heteroatoms. The Labute approximate surface area is 218 Å². The summed E-state index contributed by atoms with van der Waals surface area (Å²) in [6.45, 7) is -0.780. The number of ether oxygens (including phenoxy) is 4. The molecule has 3 rings (SSSR count). The van der Waals surface area contributed by atoms with E-state index in [2.05, 4.69) is 10.6 Å². The summed E-state index contributed by atoms with van der Waals surface area (Å²) >= 11 is 1.49. The predicted molar refractivity (Wildman–Crippen MR) is 139 cm³/mol. The van der Waals surface area contributed by atoms with E-state index >= 15 is 0 Å². The monoisotopic (exact) mass is 531 g/mol. The van der Waals surface area contributed by atoms with Gasteiger partial charge >= 0.3 is 5.97 Å². The molecule has 1 unspecified atom stereocenters. The highest BCUT2D eigenvalue weighted by molar-refractivity contribution is 7.98. The van der Waals surface area contributed by atoms with E-state index < -0.39 is 30.4 Å². The van der Waals surface area contributed by atoms with Gasteiger partial charge in [-0.25, -0.2) is 4.79 Å². The molecule has 0 saturated carbocycles. The van der Waals surface area contributed by atoms with Crippen LogP contribution in [0.5, 0.6) is 17.2 Å². The largest absolute Gasteiger partial charge is 0.493 e. The van der Waals surface area contributed by atoms with E-state index in [0.29, 0.717) is 22.9 Å². The summed E-state index contributed by atoms with van der Waals surface area (Å²) in [4.78, 5) is 52.0. The molecule has 2 aromatic rings. The summed E-state index contributed by atoms with van der Waals surface area (Å²) in [5.41, 5.74) is 1.19. The molecule has 0 radical (unpaired) electrons. The lowest BCUT2D eigenvalue weighted by Gasteiger charge is -2.29. The molecule has 0 bridgehead atoms. The number of amides is 3. The first-order valence-electron chi connectivity index (χ1n) is 11.3. The number of hydrogen-bond donors (Lipinski definition) is 2. The van der Waals surface area contributed by atoms with E-state index in [4.69, 9.17) is 18.9 Å². The number of carbonyl (C=O) groups is 4. The smallest absolute Gasteiger partial charge is 0.329 e. The fourth-order valence-electron chi connectivity index (χ4n) is 3.71. The Morgan fingerprint density at radius 2 is 1.76 bits per heavy atom. The topological polar surface area (TPSA) is 132 Å². The maximum absolute atomic E-state index is 13.0. The van der Waals surface area contributed by atoms with Crippen LogP contribution in [0.3, 0.4) is 0 Å². The molecule has 0 spiro atoms. The van der Waals surface area contributed by atoms with E-state index in [1.807, 2.05) is 6.26 Å². The Hall–Kier alpha value is -3.93. The van der Waals surface area contributed by atoms with E-state index in [1.165, 1.54) is 50.1 Å². The second-order valence-electron chi connectivity index (χ2n) is 7.87. The van der Waals surface area contributed by atoms with Gasteiger partial charge in [0.2, 0.25) is 11.7 Å². The second kappa shape index (κ2) is 12.9. The summed E-state index contributed by atoms with van der Waals surface area (Å²) in [6.07, 6.45) is 2.14. The van der Waals surface area contributed by atoms with E-state index in [1.54, 1.807) is 24.3 Å². The molecule has 0 aliphatic carbocycles. The Balaban J connectivity index is 1.71. The molecule has 2 N–H and O–H groups in total. The van der Waals surface area contributed by atoms with Crippen LogP contribution in [0.2, 0.25) is 0 Å². The predicted octanol–water partition coefficient (Wildman–Crippen LogP) is 2.09. The van der Waals surface area contributed by atoms with Crippen molar-refractivity contribution in [3.63, 3.8) is 0 Å². The van der Waals surface area contributed by atoms with Gasteiger partial charge in [-0.15, -0.1) is 0 Å². The Morgan fingerprint density at radius 3 is 2.38 bits per heavy atom. The quantitative estimate of drug-likeness (QED) is 0.418. The molecule has 3 amide bonds. The first-order valence-corrected chi connectivity index (χ1v) is 12.7. The number of carbonyl (C=O) groups excluding carboxylic acids is 4. The van der Waals surface area contributed by atoms with Crippen LogP contribution in [0.25, 0.3) is 0 Å². The number of nitrogens with zero attached hydrogens (tertiary/aromatic N) is 1. The van der Waals surface area contributed by atoms with Gasteiger partial charge in [0.05, 0.1) is 32.7 Å². The third-order valence-corrected chi connectivity index (χ3v) is 6.18. The highest BCUT2D eigenvalue weighted by atomic mass is 32.2. The highest BCUT2D eigenvalue weighted by Crippen LogP contribution is 2.38. The van der Waals surface area contributed by atoms with Gasteiger partial charge in [-0.2, -0.15) is 11.8 Å². The van der Waals surface area contributed by atoms with Crippen molar-refractivity contribution < 1.29 is 38.1 Å². The van der Waals surface area contributed by atoms with Crippen molar-refractivity contribution in [3.8, 4) is 17.2 Å². The average molecular weight is 532 g/mol. The van der Waals surface area contributed by atoms with Gasteiger partial charge < -0.3 is 29.6 Å². The molecule has 11 nitrogen and oxygen atoms in total.